The van der Waals surface area contributed by atoms with E-state index in [4.69, 9.17) is 28.3 Å². The molecular weight excluding hydrogens is 285 g/mol. The van der Waals surface area contributed by atoms with Crippen LogP contribution in [0.25, 0.3) is 6.08 Å². The van der Waals surface area contributed by atoms with Crippen molar-refractivity contribution in [2.45, 2.75) is 6.42 Å². The molecule has 0 aromatic heterocycles. The van der Waals surface area contributed by atoms with Crippen LogP contribution in [-0.2, 0) is 11.2 Å². The Labute approximate surface area is 122 Å². The number of anilines is 1. The minimum atomic E-state index is -0.851. The maximum atomic E-state index is 11.0. The fraction of sp³-hybridized carbons (Fsp3) is 0.357. The van der Waals surface area contributed by atoms with Crippen LogP contribution in [0.3, 0.4) is 0 Å². The molecule has 1 aliphatic carbocycles. The summed E-state index contributed by atoms with van der Waals surface area (Å²) in [7, 11) is 0. The number of carboxylic acids is 1. The molecule has 1 aliphatic rings. The lowest BCUT2D eigenvalue weighted by atomic mass is 10.1. The quantitative estimate of drug-likeness (QED) is 0.821. The molecule has 0 saturated heterocycles. The van der Waals surface area contributed by atoms with Crippen LogP contribution >= 0.6 is 23.2 Å². The van der Waals surface area contributed by atoms with Gasteiger partial charge in [0.15, 0.2) is 0 Å². The first kappa shape index (κ1) is 14.2. The van der Waals surface area contributed by atoms with Crippen LogP contribution in [0.2, 0.25) is 0 Å². The molecule has 102 valence electrons. The third kappa shape index (κ3) is 3.23. The second kappa shape index (κ2) is 6.31. The Morgan fingerprint density at radius 2 is 1.95 bits per heavy atom. The SMILES string of the molecule is O=C(O)C1=Cc2ccc(N(CCCl)CCCl)cc2C1. The predicted octanol–water partition coefficient (Wildman–Crippen LogP) is 2.99. The Morgan fingerprint density at radius 1 is 1.26 bits per heavy atom. The smallest absolute Gasteiger partial charge is 0.331 e. The molecule has 0 fully saturated rings. The van der Waals surface area contributed by atoms with Crippen LogP contribution in [0.5, 0.6) is 0 Å². The van der Waals surface area contributed by atoms with Crippen LogP contribution in [-0.4, -0.2) is 35.9 Å². The Hall–Kier alpha value is -1.19. The van der Waals surface area contributed by atoms with Gasteiger partial charge in [-0.25, -0.2) is 4.79 Å². The summed E-state index contributed by atoms with van der Waals surface area (Å²) >= 11 is 11.6. The average Bonchev–Trinajstić information content (AvgIpc) is 2.81. The number of hydrogen-bond acceptors (Lipinski definition) is 2. The number of hydrogen-bond donors (Lipinski definition) is 1. The van der Waals surface area contributed by atoms with Crippen molar-refractivity contribution in [1.29, 1.82) is 0 Å². The fourth-order valence-corrected chi connectivity index (χ4v) is 2.65. The lowest BCUT2D eigenvalue weighted by Crippen LogP contribution is -2.27. The molecular formula is C14H15Cl2NO2. The zero-order valence-corrected chi connectivity index (χ0v) is 11.9. The summed E-state index contributed by atoms with van der Waals surface area (Å²) in [6.07, 6.45) is 2.21. The topological polar surface area (TPSA) is 40.5 Å². The maximum Gasteiger partial charge on any atom is 0.331 e. The van der Waals surface area contributed by atoms with E-state index < -0.39 is 5.97 Å². The Balaban J connectivity index is 2.21. The van der Waals surface area contributed by atoms with Crippen molar-refractivity contribution in [3.8, 4) is 0 Å². The zero-order chi connectivity index (χ0) is 13.8. The first-order chi connectivity index (χ1) is 9.15. The minimum absolute atomic E-state index is 0.438. The van der Waals surface area contributed by atoms with Crippen molar-refractivity contribution in [2.24, 2.45) is 0 Å². The third-order valence-corrected chi connectivity index (χ3v) is 3.52. The first-order valence-corrected chi connectivity index (χ1v) is 7.16. The maximum absolute atomic E-state index is 11.0. The molecule has 0 radical (unpaired) electrons. The van der Waals surface area contributed by atoms with Gasteiger partial charge in [0.25, 0.3) is 0 Å². The summed E-state index contributed by atoms with van der Waals surface area (Å²) in [4.78, 5) is 13.1. The van der Waals surface area contributed by atoms with E-state index in [0.717, 1.165) is 29.9 Å². The molecule has 0 amide bonds. The molecule has 1 aromatic rings. The fourth-order valence-electron chi connectivity index (χ4n) is 2.24. The van der Waals surface area contributed by atoms with Gasteiger partial charge in [-0.05, 0) is 29.3 Å². The van der Waals surface area contributed by atoms with Gasteiger partial charge in [0, 0.05) is 42.5 Å². The largest absolute Gasteiger partial charge is 0.478 e. The molecule has 5 heteroatoms. The predicted molar refractivity (Wildman–Crippen MR) is 79.4 cm³/mol. The van der Waals surface area contributed by atoms with Gasteiger partial charge in [-0.15, -0.1) is 23.2 Å². The number of carboxylic acid groups (broad SMARTS) is 1. The number of fused-ring (bicyclic) bond motifs is 1. The number of alkyl halides is 2. The number of aliphatic carboxylic acids is 1. The van der Waals surface area contributed by atoms with E-state index in [9.17, 15) is 4.79 Å². The molecule has 0 spiro atoms. The van der Waals surface area contributed by atoms with Crippen molar-refractivity contribution < 1.29 is 9.90 Å². The van der Waals surface area contributed by atoms with Crippen LogP contribution in [0, 0.1) is 0 Å². The van der Waals surface area contributed by atoms with E-state index in [0.29, 0.717) is 23.8 Å². The summed E-state index contributed by atoms with van der Waals surface area (Å²) in [6.45, 7) is 1.46. The lowest BCUT2D eigenvalue weighted by Gasteiger charge is -2.23. The molecule has 1 aromatic carbocycles. The van der Waals surface area contributed by atoms with Gasteiger partial charge >= 0.3 is 5.97 Å². The third-order valence-electron chi connectivity index (χ3n) is 3.19. The summed E-state index contributed by atoms with van der Waals surface area (Å²) in [5.74, 6) is 0.218. The summed E-state index contributed by atoms with van der Waals surface area (Å²) in [5, 5.41) is 9.02. The number of benzene rings is 1. The van der Waals surface area contributed by atoms with Crippen molar-refractivity contribution in [1.82, 2.24) is 0 Å². The van der Waals surface area contributed by atoms with Crippen molar-refractivity contribution in [3.05, 3.63) is 34.9 Å². The molecule has 0 aliphatic heterocycles. The van der Waals surface area contributed by atoms with Crippen molar-refractivity contribution >= 4 is 40.9 Å². The van der Waals surface area contributed by atoms with Crippen LogP contribution in [0.4, 0.5) is 5.69 Å². The van der Waals surface area contributed by atoms with Crippen LogP contribution < -0.4 is 4.90 Å². The summed E-state index contributed by atoms with van der Waals surface area (Å²) < 4.78 is 0. The lowest BCUT2D eigenvalue weighted by molar-refractivity contribution is -0.132. The summed E-state index contributed by atoms with van der Waals surface area (Å²) in [6, 6.07) is 5.97. The van der Waals surface area contributed by atoms with Gasteiger partial charge in [-0.3, -0.25) is 0 Å². The van der Waals surface area contributed by atoms with Gasteiger partial charge in [0.2, 0.25) is 0 Å². The number of nitrogens with zero attached hydrogens (tertiary/aromatic N) is 1. The van der Waals surface area contributed by atoms with Crippen molar-refractivity contribution in [2.75, 3.05) is 29.7 Å². The minimum Gasteiger partial charge on any atom is -0.478 e. The van der Waals surface area contributed by atoms with E-state index in [1.165, 1.54) is 0 Å². The second-order valence-electron chi connectivity index (χ2n) is 4.40. The standard InChI is InChI=1S/C14H15Cl2NO2/c15-3-5-17(6-4-16)13-2-1-10-7-12(14(18)19)8-11(10)9-13/h1-2,7,9H,3-6,8H2,(H,18,19). The van der Waals surface area contributed by atoms with Gasteiger partial charge in [0.1, 0.15) is 0 Å². The molecule has 1 N–H and O–H groups in total. The zero-order valence-electron chi connectivity index (χ0n) is 10.4. The van der Waals surface area contributed by atoms with Gasteiger partial charge in [-0.1, -0.05) is 6.07 Å². The average molecular weight is 300 g/mol. The molecule has 2 rings (SSSR count). The first-order valence-electron chi connectivity index (χ1n) is 6.09. The van der Waals surface area contributed by atoms with E-state index in [-0.39, 0.29) is 0 Å². The normalized spacial score (nSPS) is 13.1. The number of halogens is 2. The Kier molecular flexibility index (Phi) is 4.72. The van der Waals surface area contributed by atoms with Gasteiger partial charge < -0.3 is 10.0 Å². The molecule has 0 bridgehead atoms. The van der Waals surface area contributed by atoms with Crippen LogP contribution in [0.15, 0.2) is 23.8 Å². The molecule has 0 unspecified atom stereocenters. The van der Waals surface area contributed by atoms with E-state index >= 15 is 0 Å². The monoisotopic (exact) mass is 299 g/mol. The highest BCUT2D eigenvalue weighted by molar-refractivity contribution is 6.18. The summed E-state index contributed by atoms with van der Waals surface area (Å²) in [5.41, 5.74) is 3.51. The van der Waals surface area contributed by atoms with E-state index in [1.54, 1.807) is 6.08 Å². The molecule has 19 heavy (non-hydrogen) atoms. The van der Waals surface area contributed by atoms with Crippen LogP contribution in [0.1, 0.15) is 11.1 Å². The highest BCUT2D eigenvalue weighted by Crippen LogP contribution is 2.29. The molecule has 0 atom stereocenters. The second-order valence-corrected chi connectivity index (χ2v) is 5.16. The molecule has 0 heterocycles. The highest BCUT2D eigenvalue weighted by atomic mass is 35.5. The van der Waals surface area contributed by atoms with Gasteiger partial charge in [-0.2, -0.15) is 0 Å². The van der Waals surface area contributed by atoms with Gasteiger partial charge in [0.05, 0.1) is 0 Å². The number of rotatable bonds is 6. The molecule has 0 saturated carbocycles. The van der Waals surface area contributed by atoms with E-state index in [2.05, 4.69) is 4.90 Å². The Bertz CT molecular complexity index is 508. The molecule has 3 nitrogen and oxygen atoms in total. The number of carbonyl (C=O) groups is 1. The Morgan fingerprint density at radius 3 is 2.53 bits per heavy atom. The highest BCUT2D eigenvalue weighted by Gasteiger charge is 2.18. The van der Waals surface area contributed by atoms with Crippen molar-refractivity contribution in [3.63, 3.8) is 0 Å². The van der Waals surface area contributed by atoms with E-state index in [1.807, 2.05) is 18.2 Å².